The molecule has 5 heteroatoms. The molecular weight excluding hydrogens is 158 g/mol. The van der Waals surface area contributed by atoms with Gasteiger partial charge >= 0.3 is 5.97 Å². The van der Waals surface area contributed by atoms with Crippen molar-refractivity contribution in [3.63, 3.8) is 0 Å². The molecule has 68 valence electrons. The highest BCUT2D eigenvalue weighted by atomic mass is 16.4. The highest BCUT2D eigenvalue weighted by molar-refractivity contribution is 5.69. The summed E-state index contributed by atoms with van der Waals surface area (Å²) in [7, 11) is 0. The van der Waals surface area contributed by atoms with Crippen molar-refractivity contribution in [1.29, 1.82) is 0 Å². The number of carbonyl (C=O) groups is 1. The van der Waals surface area contributed by atoms with Crippen LogP contribution in [0.2, 0.25) is 0 Å². The lowest BCUT2D eigenvalue weighted by molar-refractivity contribution is -0.141. The van der Waals surface area contributed by atoms with Gasteiger partial charge in [-0.2, -0.15) is 0 Å². The Bertz CT molecular complexity index is 187. The Balaban J connectivity index is 3.31. The molecule has 0 aromatic carbocycles. The van der Waals surface area contributed by atoms with Gasteiger partial charge in [0.15, 0.2) is 0 Å². The molecule has 0 heterocycles. The van der Waals surface area contributed by atoms with Crippen LogP contribution in [-0.4, -0.2) is 17.6 Å². The topological polar surface area (TPSA) is 86.1 Å². The summed E-state index contributed by atoms with van der Waals surface area (Å²) in [6.45, 7) is 2.14. The van der Waals surface area contributed by atoms with Gasteiger partial charge < -0.3 is 5.11 Å². The summed E-state index contributed by atoms with van der Waals surface area (Å²) in [6.07, 6.45) is 2.21. The van der Waals surface area contributed by atoms with E-state index in [0.717, 1.165) is 12.8 Å². The van der Waals surface area contributed by atoms with Crippen LogP contribution in [0.3, 0.4) is 0 Å². The Morgan fingerprint density at radius 2 is 2.33 bits per heavy atom. The van der Waals surface area contributed by atoms with Crippen molar-refractivity contribution in [2.45, 2.75) is 26.2 Å². The zero-order valence-corrected chi connectivity index (χ0v) is 7.10. The first kappa shape index (κ1) is 10.8. The molecule has 0 spiro atoms. The maximum absolute atomic E-state index is 10.3. The molecule has 1 atom stereocenters. The summed E-state index contributed by atoms with van der Waals surface area (Å²) in [5, 5.41) is 11.8. The summed E-state index contributed by atoms with van der Waals surface area (Å²) < 4.78 is 0. The number of hydrogen-bond acceptors (Lipinski definition) is 2. The average molecular weight is 171 g/mol. The van der Waals surface area contributed by atoms with Gasteiger partial charge in [0.25, 0.3) is 0 Å². The van der Waals surface area contributed by atoms with Crippen molar-refractivity contribution in [1.82, 2.24) is 0 Å². The number of unbranched alkanes of at least 4 members (excludes halogenated alkanes) is 1. The lowest BCUT2D eigenvalue weighted by Gasteiger charge is -2.03. The first-order valence-electron chi connectivity index (χ1n) is 3.92. The summed E-state index contributed by atoms with van der Waals surface area (Å²) in [5.74, 6) is -1.06. The minimum Gasteiger partial charge on any atom is -0.481 e. The number of carboxylic acids is 1. The highest BCUT2D eigenvalue weighted by Gasteiger charge is 2.08. The molecule has 0 saturated carbocycles. The minimum absolute atomic E-state index is 0.295. The largest absolute Gasteiger partial charge is 0.481 e. The second-order valence-corrected chi connectivity index (χ2v) is 2.69. The lowest BCUT2D eigenvalue weighted by atomic mass is 10.0. The smallest absolute Gasteiger partial charge is 0.306 e. The first-order chi connectivity index (χ1) is 5.68. The van der Waals surface area contributed by atoms with Gasteiger partial charge in [0.05, 0.1) is 5.92 Å². The number of azide groups is 1. The van der Waals surface area contributed by atoms with Gasteiger partial charge in [0.2, 0.25) is 0 Å². The van der Waals surface area contributed by atoms with E-state index >= 15 is 0 Å². The third-order valence-electron chi connectivity index (χ3n) is 1.63. The van der Waals surface area contributed by atoms with Crippen molar-refractivity contribution in [2.24, 2.45) is 11.0 Å². The van der Waals surface area contributed by atoms with Crippen LogP contribution in [-0.2, 0) is 4.79 Å². The van der Waals surface area contributed by atoms with Crippen LogP contribution in [0, 0.1) is 5.92 Å². The molecule has 0 unspecified atom stereocenters. The summed E-state index contributed by atoms with van der Waals surface area (Å²) in [6, 6.07) is 0. The van der Waals surface area contributed by atoms with E-state index in [1.165, 1.54) is 0 Å². The SMILES string of the molecule is C[C@@H](CCCCN=[N+]=[N-])C(=O)O. The fraction of sp³-hybridized carbons (Fsp3) is 0.857. The Morgan fingerprint density at radius 1 is 1.67 bits per heavy atom. The lowest BCUT2D eigenvalue weighted by Crippen LogP contribution is -2.08. The molecule has 12 heavy (non-hydrogen) atoms. The van der Waals surface area contributed by atoms with E-state index in [9.17, 15) is 4.79 Å². The molecule has 0 aliphatic carbocycles. The van der Waals surface area contributed by atoms with E-state index < -0.39 is 5.97 Å². The Morgan fingerprint density at radius 3 is 2.83 bits per heavy atom. The predicted molar refractivity (Wildman–Crippen MR) is 44.7 cm³/mol. The molecule has 0 rings (SSSR count). The molecule has 1 N–H and O–H groups in total. The van der Waals surface area contributed by atoms with Gasteiger partial charge in [-0.15, -0.1) is 0 Å². The van der Waals surface area contributed by atoms with Gasteiger partial charge in [0, 0.05) is 11.5 Å². The van der Waals surface area contributed by atoms with Crippen molar-refractivity contribution < 1.29 is 9.90 Å². The third-order valence-corrected chi connectivity index (χ3v) is 1.63. The first-order valence-corrected chi connectivity index (χ1v) is 3.92. The van der Waals surface area contributed by atoms with E-state index in [0.29, 0.717) is 13.0 Å². The van der Waals surface area contributed by atoms with Crippen LogP contribution in [0.15, 0.2) is 5.11 Å². The normalized spacial score (nSPS) is 11.8. The van der Waals surface area contributed by atoms with Gasteiger partial charge in [-0.3, -0.25) is 4.79 Å². The standard InChI is InChI=1S/C7H13N3O2/c1-6(7(11)12)4-2-3-5-9-10-8/h6H,2-5H2,1H3,(H,11,12)/t6-/m0/s1. The fourth-order valence-electron chi connectivity index (χ4n) is 0.801. The number of nitrogens with zero attached hydrogens (tertiary/aromatic N) is 3. The molecule has 0 amide bonds. The zero-order chi connectivity index (χ0) is 9.40. The Kier molecular flexibility index (Phi) is 5.83. The van der Waals surface area contributed by atoms with Crippen LogP contribution in [0.1, 0.15) is 26.2 Å². The maximum atomic E-state index is 10.3. The van der Waals surface area contributed by atoms with E-state index in [1.807, 2.05) is 0 Å². The molecular formula is C7H13N3O2. The summed E-state index contributed by atoms with van der Waals surface area (Å²) >= 11 is 0. The number of carboxylic acid groups (broad SMARTS) is 1. The molecule has 0 aromatic heterocycles. The monoisotopic (exact) mass is 171 g/mol. The average Bonchev–Trinajstić information content (AvgIpc) is 2.03. The second kappa shape index (κ2) is 6.49. The number of hydrogen-bond donors (Lipinski definition) is 1. The summed E-state index contributed by atoms with van der Waals surface area (Å²) in [5.41, 5.74) is 7.93. The number of aliphatic carboxylic acids is 1. The van der Waals surface area contributed by atoms with Gasteiger partial charge in [-0.05, 0) is 18.4 Å². The molecule has 0 aromatic rings. The van der Waals surface area contributed by atoms with E-state index in [1.54, 1.807) is 6.92 Å². The van der Waals surface area contributed by atoms with E-state index in [4.69, 9.17) is 10.6 Å². The maximum Gasteiger partial charge on any atom is 0.306 e. The van der Waals surface area contributed by atoms with Crippen LogP contribution in [0.4, 0.5) is 0 Å². The van der Waals surface area contributed by atoms with Crippen LogP contribution in [0.5, 0.6) is 0 Å². The van der Waals surface area contributed by atoms with Crippen molar-refractivity contribution in [2.75, 3.05) is 6.54 Å². The van der Waals surface area contributed by atoms with Gasteiger partial charge in [-0.25, -0.2) is 0 Å². The third kappa shape index (κ3) is 5.56. The Hall–Kier alpha value is -1.22. The van der Waals surface area contributed by atoms with Crippen molar-refractivity contribution in [3.8, 4) is 0 Å². The summed E-state index contributed by atoms with van der Waals surface area (Å²) in [4.78, 5) is 12.9. The van der Waals surface area contributed by atoms with Gasteiger partial charge in [-0.1, -0.05) is 18.5 Å². The number of rotatable bonds is 6. The van der Waals surface area contributed by atoms with Gasteiger partial charge in [0.1, 0.15) is 0 Å². The van der Waals surface area contributed by atoms with Crippen molar-refractivity contribution in [3.05, 3.63) is 10.4 Å². The van der Waals surface area contributed by atoms with Crippen molar-refractivity contribution >= 4 is 5.97 Å². The van der Waals surface area contributed by atoms with Crippen LogP contribution < -0.4 is 0 Å². The quantitative estimate of drug-likeness (QED) is 0.287. The van der Waals surface area contributed by atoms with E-state index in [2.05, 4.69) is 10.0 Å². The zero-order valence-electron chi connectivity index (χ0n) is 7.10. The predicted octanol–water partition coefficient (Wildman–Crippen LogP) is 2.19. The second-order valence-electron chi connectivity index (χ2n) is 2.69. The van der Waals surface area contributed by atoms with Crippen LogP contribution >= 0.6 is 0 Å². The minimum atomic E-state index is -0.765. The molecule has 0 fully saturated rings. The molecule has 0 aliphatic heterocycles. The van der Waals surface area contributed by atoms with E-state index in [-0.39, 0.29) is 5.92 Å². The Labute approximate surface area is 71.0 Å². The molecule has 0 bridgehead atoms. The molecule has 0 aliphatic rings. The fourth-order valence-corrected chi connectivity index (χ4v) is 0.801. The highest BCUT2D eigenvalue weighted by Crippen LogP contribution is 2.07. The molecule has 0 saturated heterocycles. The molecule has 5 nitrogen and oxygen atoms in total. The van der Waals surface area contributed by atoms with Crippen LogP contribution in [0.25, 0.3) is 10.4 Å². The molecule has 0 radical (unpaired) electrons.